The third kappa shape index (κ3) is 3.58. The van der Waals surface area contributed by atoms with Crippen LogP contribution in [0.1, 0.15) is 21.6 Å². The van der Waals surface area contributed by atoms with Gasteiger partial charge in [0.15, 0.2) is 0 Å². The van der Waals surface area contributed by atoms with Crippen LogP contribution in [0.15, 0.2) is 39.9 Å². The maximum absolute atomic E-state index is 12.0. The molecule has 1 aromatic heterocycles. The molecule has 0 saturated heterocycles. The molecule has 0 bridgehead atoms. The molecule has 1 heterocycles. The van der Waals surface area contributed by atoms with E-state index in [0.29, 0.717) is 24.2 Å². The first-order valence-electron chi connectivity index (χ1n) is 6.56. The Labute approximate surface area is 131 Å². The van der Waals surface area contributed by atoms with E-state index < -0.39 is 0 Å². The van der Waals surface area contributed by atoms with Crippen molar-refractivity contribution in [2.45, 2.75) is 20.4 Å². The molecule has 2 rings (SSSR count). The number of hydrogen-bond donors (Lipinski definition) is 1. The van der Waals surface area contributed by atoms with Gasteiger partial charge in [0.05, 0.1) is 11.9 Å². The zero-order valence-corrected chi connectivity index (χ0v) is 13.5. The fraction of sp³-hybridized carbons (Fsp3) is 0.267. The number of rotatable bonds is 4. The molecule has 1 amide bonds. The largest absolute Gasteiger partial charge is 0.350 e. The number of amides is 1. The molecular weight excluding hydrogens is 334 g/mol. The van der Waals surface area contributed by atoms with E-state index in [4.69, 9.17) is 0 Å². The van der Waals surface area contributed by atoms with Crippen LogP contribution >= 0.6 is 15.9 Å². The van der Waals surface area contributed by atoms with Gasteiger partial charge in [-0.15, -0.1) is 0 Å². The number of nitrogens with zero attached hydrogens (tertiary/aromatic N) is 2. The molecule has 0 saturated carbocycles. The van der Waals surface area contributed by atoms with Crippen molar-refractivity contribution >= 4 is 21.8 Å². The van der Waals surface area contributed by atoms with Gasteiger partial charge < -0.3 is 5.32 Å². The van der Waals surface area contributed by atoms with E-state index in [1.807, 2.05) is 12.1 Å². The molecular formula is C15H16BrN3O2. The molecule has 0 aliphatic heterocycles. The molecule has 1 N–H and O–H groups in total. The van der Waals surface area contributed by atoms with Crippen LogP contribution in [-0.2, 0) is 6.54 Å². The number of benzene rings is 1. The molecule has 21 heavy (non-hydrogen) atoms. The Morgan fingerprint density at radius 2 is 2.05 bits per heavy atom. The normalized spacial score (nSPS) is 10.4. The summed E-state index contributed by atoms with van der Waals surface area (Å²) < 4.78 is 2.25. The maximum Gasteiger partial charge on any atom is 0.256 e. The number of carbonyl (C=O) groups excluding carboxylic acids is 1. The van der Waals surface area contributed by atoms with Crippen LogP contribution in [0, 0.1) is 13.8 Å². The highest BCUT2D eigenvalue weighted by Crippen LogP contribution is 2.15. The van der Waals surface area contributed by atoms with Gasteiger partial charge in [-0.25, -0.2) is 4.98 Å². The van der Waals surface area contributed by atoms with Gasteiger partial charge in [0, 0.05) is 28.8 Å². The van der Waals surface area contributed by atoms with Crippen LogP contribution in [0.5, 0.6) is 0 Å². The van der Waals surface area contributed by atoms with E-state index in [-0.39, 0.29) is 11.5 Å². The van der Waals surface area contributed by atoms with Crippen molar-refractivity contribution < 1.29 is 4.79 Å². The summed E-state index contributed by atoms with van der Waals surface area (Å²) >= 11 is 3.34. The number of aromatic nitrogens is 2. The first-order chi connectivity index (χ1) is 10.0. The first kappa shape index (κ1) is 15.4. The molecule has 0 aliphatic carbocycles. The highest BCUT2D eigenvalue weighted by molar-refractivity contribution is 9.10. The highest BCUT2D eigenvalue weighted by atomic mass is 79.9. The average molecular weight is 350 g/mol. The fourth-order valence-corrected chi connectivity index (χ4v) is 2.33. The molecule has 6 heteroatoms. The summed E-state index contributed by atoms with van der Waals surface area (Å²) in [6.45, 7) is 4.31. The third-order valence-electron chi connectivity index (χ3n) is 3.27. The van der Waals surface area contributed by atoms with Crippen LogP contribution in [0.4, 0.5) is 0 Å². The molecule has 0 unspecified atom stereocenters. The number of aryl methyl sites for hydroxylation is 1. The molecule has 110 valence electrons. The summed E-state index contributed by atoms with van der Waals surface area (Å²) in [4.78, 5) is 28.2. The van der Waals surface area contributed by atoms with Gasteiger partial charge >= 0.3 is 0 Å². The summed E-state index contributed by atoms with van der Waals surface area (Å²) in [6.07, 6.45) is 1.51. The molecule has 0 aliphatic rings. The fourth-order valence-electron chi connectivity index (χ4n) is 1.87. The van der Waals surface area contributed by atoms with Gasteiger partial charge in [-0.3, -0.25) is 14.2 Å². The zero-order valence-electron chi connectivity index (χ0n) is 11.9. The second-order valence-corrected chi connectivity index (χ2v) is 5.54. The lowest BCUT2D eigenvalue weighted by Gasteiger charge is -2.09. The smallest absolute Gasteiger partial charge is 0.256 e. The minimum absolute atomic E-state index is 0.0716. The first-order valence-corrected chi connectivity index (χ1v) is 7.35. The molecule has 0 spiro atoms. The Kier molecular flexibility index (Phi) is 4.90. The standard InChI is InChI=1S/C15H16BrN3O2/c1-10-11(2)18-9-19(15(10)21)8-7-17-14(20)12-5-3-4-6-13(12)16/h3-6,9H,7-8H2,1-2H3,(H,17,20). The van der Waals surface area contributed by atoms with Crippen molar-refractivity contribution in [1.29, 1.82) is 0 Å². The van der Waals surface area contributed by atoms with E-state index in [0.717, 1.165) is 10.2 Å². The maximum atomic E-state index is 12.0. The topological polar surface area (TPSA) is 64.0 Å². The van der Waals surface area contributed by atoms with Gasteiger partial charge in [0.25, 0.3) is 11.5 Å². The van der Waals surface area contributed by atoms with E-state index in [1.165, 1.54) is 10.9 Å². The molecule has 0 atom stereocenters. The van der Waals surface area contributed by atoms with Gasteiger partial charge in [0.2, 0.25) is 0 Å². The lowest BCUT2D eigenvalue weighted by atomic mass is 10.2. The minimum Gasteiger partial charge on any atom is -0.350 e. The van der Waals surface area contributed by atoms with Crippen LogP contribution in [0.3, 0.4) is 0 Å². The van der Waals surface area contributed by atoms with Crippen molar-refractivity contribution in [1.82, 2.24) is 14.9 Å². The summed E-state index contributed by atoms with van der Waals surface area (Å²) in [5.41, 5.74) is 1.86. The van der Waals surface area contributed by atoms with Gasteiger partial charge in [-0.1, -0.05) is 12.1 Å². The van der Waals surface area contributed by atoms with Crippen LogP contribution < -0.4 is 10.9 Å². The van der Waals surface area contributed by atoms with E-state index in [2.05, 4.69) is 26.2 Å². The third-order valence-corrected chi connectivity index (χ3v) is 3.96. The summed E-state index contributed by atoms with van der Waals surface area (Å²) in [6, 6.07) is 7.20. The zero-order chi connectivity index (χ0) is 15.4. The Bertz CT molecular complexity index is 725. The minimum atomic E-state index is -0.174. The Hall–Kier alpha value is -1.95. The second kappa shape index (κ2) is 6.67. The summed E-state index contributed by atoms with van der Waals surface area (Å²) in [5.74, 6) is -0.174. The van der Waals surface area contributed by atoms with Crippen molar-refractivity contribution in [3.63, 3.8) is 0 Å². The van der Waals surface area contributed by atoms with Crippen LogP contribution in [0.25, 0.3) is 0 Å². The van der Waals surface area contributed by atoms with Crippen molar-refractivity contribution in [2.75, 3.05) is 6.54 Å². The molecule has 1 aromatic carbocycles. The summed E-state index contributed by atoms with van der Waals surface area (Å²) in [7, 11) is 0. The lowest BCUT2D eigenvalue weighted by molar-refractivity contribution is 0.0951. The van der Waals surface area contributed by atoms with Gasteiger partial charge in [-0.05, 0) is 41.9 Å². The number of nitrogens with one attached hydrogen (secondary N) is 1. The van der Waals surface area contributed by atoms with Gasteiger partial charge in [-0.2, -0.15) is 0 Å². The predicted octanol–water partition coefficient (Wildman–Crippen LogP) is 2.05. The Morgan fingerprint density at radius 1 is 1.33 bits per heavy atom. The second-order valence-electron chi connectivity index (χ2n) is 4.69. The van der Waals surface area contributed by atoms with Crippen molar-refractivity contribution in [3.05, 3.63) is 62.2 Å². The van der Waals surface area contributed by atoms with E-state index >= 15 is 0 Å². The molecule has 0 fully saturated rings. The monoisotopic (exact) mass is 349 g/mol. The SMILES string of the molecule is Cc1ncn(CCNC(=O)c2ccccc2Br)c(=O)c1C. The summed E-state index contributed by atoms with van der Waals surface area (Å²) in [5, 5.41) is 2.79. The van der Waals surface area contributed by atoms with E-state index in [1.54, 1.807) is 26.0 Å². The van der Waals surface area contributed by atoms with Crippen LogP contribution in [-0.4, -0.2) is 22.0 Å². The number of carbonyl (C=O) groups is 1. The predicted molar refractivity (Wildman–Crippen MR) is 84.4 cm³/mol. The number of hydrogen-bond acceptors (Lipinski definition) is 3. The molecule has 0 radical (unpaired) electrons. The van der Waals surface area contributed by atoms with E-state index in [9.17, 15) is 9.59 Å². The quantitative estimate of drug-likeness (QED) is 0.918. The highest BCUT2D eigenvalue weighted by Gasteiger charge is 2.09. The number of halogens is 1. The average Bonchev–Trinajstić information content (AvgIpc) is 2.47. The van der Waals surface area contributed by atoms with Crippen molar-refractivity contribution in [2.24, 2.45) is 0 Å². The molecule has 5 nitrogen and oxygen atoms in total. The van der Waals surface area contributed by atoms with Gasteiger partial charge in [0.1, 0.15) is 0 Å². The lowest BCUT2D eigenvalue weighted by Crippen LogP contribution is -2.32. The Balaban J connectivity index is 1.99. The Morgan fingerprint density at radius 3 is 2.76 bits per heavy atom. The molecule has 2 aromatic rings. The van der Waals surface area contributed by atoms with Crippen LogP contribution in [0.2, 0.25) is 0 Å². The van der Waals surface area contributed by atoms with Crippen molar-refractivity contribution in [3.8, 4) is 0 Å².